The first-order chi connectivity index (χ1) is 13.2. The van der Waals surface area contributed by atoms with Crippen LogP contribution in [0.25, 0.3) is 0 Å². The zero-order valence-electron chi connectivity index (χ0n) is 16.1. The maximum atomic E-state index is 13.5. The summed E-state index contributed by atoms with van der Waals surface area (Å²) in [6.07, 6.45) is 4.94. The fraction of sp³-hybridized carbons (Fsp3) is 0.667. The molecule has 1 aromatic rings. The van der Waals surface area contributed by atoms with Crippen LogP contribution < -0.4 is 4.74 Å². The molecule has 0 amide bonds. The highest BCUT2D eigenvalue weighted by Gasteiger charge is 2.38. The predicted octanol–water partition coefficient (Wildman–Crippen LogP) is 7.06. The van der Waals surface area contributed by atoms with Gasteiger partial charge in [-0.2, -0.15) is 13.2 Å². The van der Waals surface area contributed by atoms with Crippen molar-refractivity contribution in [1.82, 2.24) is 0 Å². The van der Waals surface area contributed by atoms with E-state index in [1.807, 2.05) is 0 Å². The number of benzene rings is 1. The first-order valence-corrected chi connectivity index (χ1v) is 9.97. The number of esters is 1. The van der Waals surface area contributed by atoms with Crippen molar-refractivity contribution in [3.63, 3.8) is 0 Å². The molecule has 0 heterocycles. The van der Waals surface area contributed by atoms with Gasteiger partial charge in [-0.25, -0.2) is 8.78 Å². The Morgan fingerprint density at radius 2 is 1.54 bits per heavy atom. The van der Waals surface area contributed by atoms with E-state index in [2.05, 4.69) is 6.92 Å². The van der Waals surface area contributed by atoms with Gasteiger partial charge in [0.05, 0.1) is 0 Å². The largest absolute Gasteiger partial charge is 0.426 e. The Morgan fingerprint density at radius 3 is 2.04 bits per heavy atom. The van der Waals surface area contributed by atoms with Crippen molar-refractivity contribution in [2.24, 2.45) is 11.8 Å². The molecule has 28 heavy (non-hydrogen) atoms. The summed E-state index contributed by atoms with van der Waals surface area (Å²) in [5.41, 5.74) is -1.98. The summed E-state index contributed by atoms with van der Waals surface area (Å²) < 4.78 is 69.6. The minimum absolute atomic E-state index is 0.0788. The number of carbonyl (C=O) groups is 1. The maximum Gasteiger partial charge on any atom is 0.422 e. The second-order valence-electron chi connectivity index (χ2n) is 7.65. The fourth-order valence-corrected chi connectivity index (χ4v) is 3.88. The lowest BCUT2D eigenvalue weighted by molar-refractivity contribution is -0.142. The monoisotopic (exact) mass is 406 g/mol. The van der Waals surface area contributed by atoms with Gasteiger partial charge in [-0.15, -0.1) is 0 Å². The molecule has 158 valence electrons. The zero-order valence-corrected chi connectivity index (χ0v) is 16.1. The second-order valence-corrected chi connectivity index (χ2v) is 7.65. The number of hydrogen-bond acceptors (Lipinski definition) is 2. The number of carbonyl (C=O) groups excluding carboxylic acids is 1. The van der Waals surface area contributed by atoms with Crippen LogP contribution >= 0.6 is 0 Å². The molecule has 0 aliphatic heterocycles. The van der Waals surface area contributed by atoms with Crippen LogP contribution in [-0.4, -0.2) is 5.97 Å². The third-order valence-electron chi connectivity index (χ3n) is 5.47. The summed E-state index contributed by atoms with van der Waals surface area (Å²) >= 11 is 0. The van der Waals surface area contributed by atoms with E-state index in [1.54, 1.807) is 0 Å². The number of alkyl halides is 3. The Morgan fingerprint density at radius 1 is 1.00 bits per heavy atom. The van der Waals surface area contributed by atoms with E-state index in [0.717, 1.165) is 31.6 Å². The van der Waals surface area contributed by atoms with Crippen LogP contribution in [-0.2, 0) is 11.0 Å². The van der Waals surface area contributed by atoms with Crippen LogP contribution in [0.2, 0.25) is 0 Å². The summed E-state index contributed by atoms with van der Waals surface area (Å²) in [7, 11) is 0. The molecule has 0 bridgehead atoms. The smallest absolute Gasteiger partial charge is 0.422 e. The van der Waals surface area contributed by atoms with Crippen LogP contribution in [0, 0.1) is 23.5 Å². The Balaban J connectivity index is 1.78. The molecule has 1 aliphatic carbocycles. The van der Waals surface area contributed by atoms with Gasteiger partial charge in [0.15, 0.2) is 0 Å². The lowest BCUT2D eigenvalue weighted by Crippen LogP contribution is -2.17. The SMILES string of the molecule is CCCCCC1CCC(CCC(=O)Oc2cc(F)c(C(F)(F)F)c(F)c2)CC1. The molecule has 0 saturated heterocycles. The summed E-state index contributed by atoms with van der Waals surface area (Å²) in [6.45, 7) is 2.18. The van der Waals surface area contributed by atoms with Crippen molar-refractivity contribution in [2.45, 2.75) is 77.3 Å². The van der Waals surface area contributed by atoms with Crippen LogP contribution in [0.3, 0.4) is 0 Å². The van der Waals surface area contributed by atoms with Crippen molar-refractivity contribution in [3.8, 4) is 5.75 Å². The van der Waals surface area contributed by atoms with Crippen LogP contribution in [0.4, 0.5) is 22.0 Å². The van der Waals surface area contributed by atoms with Gasteiger partial charge in [-0.3, -0.25) is 4.79 Å². The molecule has 0 spiro atoms. The van der Waals surface area contributed by atoms with Crippen molar-refractivity contribution in [1.29, 1.82) is 0 Å². The Hall–Kier alpha value is -1.66. The van der Waals surface area contributed by atoms with Crippen molar-refractivity contribution < 1.29 is 31.5 Å². The molecular weight excluding hydrogens is 379 g/mol. The summed E-state index contributed by atoms with van der Waals surface area (Å²) in [5, 5.41) is 0. The molecule has 2 nitrogen and oxygen atoms in total. The van der Waals surface area contributed by atoms with Gasteiger partial charge in [0.25, 0.3) is 0 Å². The predicted molar refractivity (Wildman–Crippen MR) is 95.8 cm³/mol. The van der Waals surface area contributed by atoms with Crippen LogP contribution in [0.15, 0.2) is 12.1 Å². The molecule has 7 heteroatoms. The number of hydrogen-bond donors (Lipinski definition) is 0. The highest BCUT2D eigenvalue weighted by atomic mass is 19.4. The van der Waals surface area contributed by atoms with Gasteiger partial charge in [0.1, 0.15) is 22.9 Å². The van der Waals surface area contributed by atoms with Gasteiger partial charge in [0, 0.05) is 18.6 Å². The van der Waals surface area contributed by atoms with Crippen LogP contribution in [0.5, 0.6) is 5.75 Å². The van der Waals surface area contributed by atoms with E-state index in [1.165, 1.54) is 25.7 Å². The fourth-order valence-electron chi connectivity index (χ4n) is 3.88. The maximum absolute atomic E-state index is 13.5. The molecule has 1 fully saturated rings. The topological polar surface area (TPSA) is 26.3 Å². The molecule has 0 N–H and O–H groups in total. The summed E-state index contributed by atoms with van der Waals surface area (Å²) in [6, 6.07) is 0.788. The van der Waals surface area contributed by atoms with E-state index >= 15 is 0 Å². The lowest BCUT2D eigenvalue weighted by Gasteiger charge is -2.28. The molecule has 1 saturated carbocycles. The average molecular weight is 406 g/mol. The second kappa shape index (κ2) is 10.2. The van der Waals surface area contributed by atoms with E-state index in [9.17, 15) is 26.7 Å². The molecule has 0 aromatic heterocycles. The molecule has 0 unspecified atom stereocenters. The van der Waals surface area contributed by atoms with Crippen LogP contribution in [0.1, 0.15) is 76.7 Å². The quantitative estimate of drug-likeness (QED) is 0.200. The standard InChI is InChI=1S/C21H27F5O2/c1-2-3-4-5-14-6-8-15(9-7-14)10-11-19(27)28-16-12-17(22)20(18(23)13-16)21(24,25)26/h12-15H,2-11H2,1H3. The Bertz CT molecular complexity index is 626. The Labute approximate surface area is 162 Å². The number of unbranched alkanes of at least 4 members (excludes halogenated alkanes) is 2. The zero-order chi connectivity index (χ0) is 20.7. The van der Waals surface area contributed by atoms with E-state index in [-0.39, 0.29) is 6.42 Å². The molecular formula is C21H27F5O2. The lowest BCUT2D eigenvalue weighted by atomic mass is 9.78. The minimum atomic E-state index is -5.15. The number of halogens is 5. The normalized spacial score (nSPS) is 20.2. The highest BCUT2D eigenvalue weighted by molar-refractivity contribution is 5.72. The minimum Gasteiger partial charge on any atom is -0.426 e. The van der Waals surface area contributed by atoms with Gasteiger partial charge >= 0.3 is 12.1 Å². The van der Waals surface area contributed by atoms with Gasteiger partial charge in [-0.1, -0.05) is 58.3 Å². The summed E-state index contributed by atoms with van der Waals surface area (Å²) in [5.74, 6) is -3.66. The van der Waals surface area contributed by atoms with Crippen molar-refractivity contribution in [2.75, 3.05) is 0 Å². The van der Waals surface area contributed by atoms with Gasteiger partial charge in [0.2, 0.25) is 0 Å². The molecule has 1 aromatic carbocycles. The third kappa shape index (κ3) is 6.74. The van der Waals surface area contributed by atoms with Crippen molar-refractivity contribution in [3.05, 3.63) is 29.3 Å². The average Bonchev–Trinajstić information content (AvgIpc) is 2.59. The summed E-state index contributed by atoms with van der Waals surface area (Å²) in [4.78, 5) is 11.9. The highest BCUT2D eigenvalue weighted by Crippen LogP contribution is 2.36. The number of rotatable bonds is 8. The van der Waals surface area contributed by atoms with Gasteiger partial charge < -0.3 is 4.74 Å². The first-order valence-electron chi connectivity index (χ1n) is 9.97. The van der Waals surface area contributed by atoms with E-state index in [0.29, 0.717) is 24.5 Å². The number of ether oxygens (including phenoxy) is 1. The van der Waals surface area contributed by atoms with Gasteiger partial charge in [-0.05, 0) is 18.3 Å². The Kier molecular flexibility index (Phi) is 8.25. The molecule has 0 radical (unpaired) electrons. The van der Waals surface area contributed by atoms with E-state index in [4.69, 9.17) is 4.74 Å². The molecule has 2 rings (SSSR count). The first kappa shape index (κ1) is 22.6. The van der Waals surface area contributed by atoms with E-state index < -0.39 is 35.1 Å². The third-order valence-corrected chi connectivity index (χ3v) is 5.47. The molecule has 0 atom stereocenters. The molecule has 1 aliphatic rings. The van der Waals surface area contributed by atoms with Crippen molar-refractivity contribution >= 4 is 5.97 Å².